The predicted molar refractivity (Wildman–Crippen MR) is 97.8 cm³/mol. The van der Waals surface area contributed by atoms with E-state index >= 15 is 0 Å². The Morgan fingerprint density at radius 2 is 1.00 bits per heavy atom. The molecule has 2 nitrogen and oxygen atoms in total. The van der Waals surface area contributed by atoms with Crippen LogP contribution in [0.4, 0.5) is 57.1 Å². The van der Waals surface area contributed by atoms with Crippen molar-refractivity contribution in [1.82, 2.24) is 0 Å². The summed E-state index contributed by atoms with van der Waals surface area (Å²) in [6.45, 7) is 0. The molecule has 1 N–H and O–H groups in total. The van der Waals surface area contributed by atoms with Crippen molar-refractivity contribution in [2.75, 3.05) is 7.11 Å². The van der Waals surface area contributed by atoms with Gasteiger partial charge in [0.05, 0.1) is 13.5 Å². The van der Waals surface area contributed by atoms with Crippen molar-refractivity contribution in [2.24, 2.45) is 0 Å². The zero-order valence-electron chi connectivity index (χ0n) is 17.7. The summed E-state index contributed by atoms with van der Waals surface area (Å²) >= 11 is 0. The van der Waals surface area contributed by atoms with Crippen LogP contribution in [-0.4, -0.2) is 48.0 Å². The SMILES string of the molecule is COc1ccc(C(O)(CC(F)(F)C(F)(F)C(F)(F)C(F)(F)C(F)(F)C(F)(F)F)c2ccccc2)cc1. The minimum Gasteiger partial charge on any atom is -0.497 e. The molecule has 0 saturated heterocycles. The van der Waals surface area contributed by atoms with Gasteiger partial charge in [-0.25, -0.2) is 0 Å². The molecule has 0 saturated carbocycles. The first kappa shape index (κ1) is 29.5. The number of ether oxygens (including phenoxy) is 1. The van der Waals surface area contributed by atoms with Gasteiger partial charge in [0, 0.05) is 0 Å². The maximum atomic E-state index is 14.7. The number of rotatable bonds is 9. The molecule has 0 heterocycles. The number of methoxy groups -OCH3 is 1. The molecule has 0 amide bonds. The summed E-state index contributed by atoms with van der Waals surface area (Å²) in [7, 11) is 1.16. The molecule has 0 aliphatic carbocycles. The summed E-state index contributed by atoms with van der Waals surface area (Å²) in [4.78, 5) is 0. The molecule has 0 aliphatic rings. The third-order valence-electron chi connectivity index (χ3n) is 5.30. The number of hydrogen-bond acceptors (Lipinski definition) is 2. The van der Waals surface area contributed by atoms with E-state index in [-0.39, 0.29) is 5.75 Å². The quantitative estimate of drug-likeness (QED) is 0.342. The molecular formula is C21H15F13O2. The minimum absolute atomic E-state index is 0.0480. The van der Waals surface area contributed by atoms with Gasteiger partial charge in [0.1, 0.15) is 11.4 Å². The second kappa shape index (κ2) is 8.99. The summed E-state index contributed by atoms with van der Waals surface area (Å²) < 4.78 is 181. The van der Waals surface area contributed by atoms with Crippen LogP contribution in [0.1, 0.15) is 17.5 Å². The van der Waals surface area contributed by atoms with E-state index in [0.29, 0.717) is 0 Å². The molecule has 1 atom stereocenters. The van der Waals surface area contributed by atoms with Gasteiger partial charge in [-0.15, -0.1) is 0 Å². The largest absolute Gasteiger partial charge is 0.497 e. The van der Waals surface area contributed by atoms with E-state index in [0.717, 1.165) is 55.6 Å². The van der Waals surface area contributed by atoms with Crippen LogP contribution in [0.25, 0.3) is 0 Å². The fourth-order valence-corrected chi connectivity index (χ4v) is 3.19. The predicted octanol–water partition coefficient (Wildman–Crippen LogP) is 7.06. The van der Waals surface area contributed by atoms with Crippen molar-refractivity contribution in [3.05, 3.63) is 65.7 Å². The van der Waals surface area contributed by atoms with Gasteiger partial charge in [0.2, 0.25) is 0 Å². The molecule has 0 spiro atoms. The second-order valence-corrected chi connectivity index (χ2v) is 7.63. The molecule has 36 heavy (non-hydrogen) atoms. The van der Waals surface area contributed by atoms with E-state index in [1.165, 1.54) is 6.07 Å². The van der Waals surface area contributed by atoms with Crippen LogP contribution in [0.5, 0.6) is 5.75 Å². The highest BCUT2D eigenvalue weighted by atomic mass is 19.4. The zero-order valence-corrected chi connectivity index (χ0v) is 17.7. The van der Waals surface area contributed by atoms with E-state index in [1.807, 2.05) is 0 Å². The van der Waals surface area contributed by atoms with Gasteiger partial charge >= 0.3 is 35.8 Å². The van der Waals surface area contributed by atoms with Gasteiger partial charge in [-0.2, -0.15) is 57.1 Å². The fourth-order valence-electron chi connectivity index (χ4n) is 3.19. The number of hydrogen-bond donors (Lipinski definition) is 1. The summed E-state index contributed by atoms with van der Waals surface area (Å²) in [5.41, 5.74) is -4.68. The van der Waals surface area contributed by atoms with Crippen molar-refractivity contribution < 1.29 is 66.9 Å². The molecule has 2 aromatic rings. The molecule has 0 bridgehead atoms. The molecule has 0 radical (unpaired) electrons. The van der Waals surface area contributed by atoms with Crippen molar-refractivity contribution in [2.45, 2.75) is 47.8 Å². The summed E-state index contributed by atoms with van der Waals surface area (Å²) in [5, 5.41) is 11.0. The smallest absolute Gasteiger partial charge is 0.460 e. The average Bonchev–Trinajstić information content (AvgIpc) is 2.78. The topological polar surface area (TPSA) is 29.5 Å². The van der Waals surface area contributed by atoms with E-state index in [2.05, 4.69) is 0 Å². The molecule has 15 heteroatoms. The molecule has 0 aromatic heterocycles. The summed E-state index contributed by atoms with van der Waals surface area (Å²) in [5.74, 6) is -37.7. The molecule has 2 rings (SSSR count). The Morgan fingerprint density at radius 3 is 1.42 bits per heavy atom. The van der Waals surface area contributed by atoms with E-state index in [1.54, 1.807) is 0 Å². The van der Waals surface area contributed by atoms with Gasteiger partial charge in [-0.1, -0.05) is 42.5 Å². The molecule has 1 unspecified atom stereocenters. The molecule has 2 aromatic carbocycles. The maximum absolute atomic E-state index is 14.7. The van der Waals surface area contributed by atoms with Crippen LogP contribution in [0.2, 0.25) is 0 Å². The zero-order chi connectivity index (χ0) is 28.0. The highest BCUT2D eigenvalue weighted by Crippen LogP contribution is 2.61. The van der Waals surface area contributed by atoms with Crippen LogP contribution in [-0.2, 0) is 5.60 Å². The van der Waals surface area contributed by atoms with Crippen LogP contribution in [0, 0.1) is 0 Å². The average molecular weight is 546 g/mol. The Hall–Kier alpha value is -2.71. The monoisotopic (exact) mass is 546 g/mol. The molecule has 202 valence electrons. The van der Waals surface area contributed by atoms with Crippen molar-refractivity contribution >= 4 is 0 Å². The highest BCUT2D eigenvalue weighted by Gasteiger charge is 2.90. The number of benzene rings is 2. The second-order valence-electron chi connectivity index (χ2n) is 7.63. The lowest BCUT2D eigenvalue weighted by atomic mass is 9.79. The van der Waals surface area contributed by atoms with Gasteiger partial charge in [0.15, 0.2) is 0 Å². The van der Waals surface area contributed by atoms with Gasteiger partial charge in [-0.3, -0.25) is 0 Å². The van der Waals surface area contributed by atoms with Crippen LogP contribution in [0.3, 0.4) is 0 Å². The van der Waals surface area contributed by atoms with Crippen molar-refractivity contribution in [3.8, 4) is 5.75 Å². The van der Waals surface area contributed by atoms with Crippen molar-refractivity contribution in [3.63, 3.8) is 0 Å². The van der Waals surface area contributed by atoms with E-state index < -0.39 is 58.9 Å². The van der Waals surface area contributed by atoms with E-state index in [4.69, 9.17) is 4.74 Å². The highest BCUT2D eigenvalue weighted by molar-refractivity contribution is 5.39. The van der Waals surface area contributed by atoms with Crippen LogP contribution >= 0.6 is 0 Å². The van der Waals surface area contributed by atoms with E-state index in [9.17, 15) is 62.2 Å². The van der Waals surface area contributed by atoms with Gasteiger partial charge < -0.3 is 9.84 Å². The Kier molecular flexibility index (Phi) is 7.37. The summed E-state index contributed by atoms with van der Waals surface area (Å²) in [6.07, 6.45) is -10.3. The Morgan fingerprint density at radius 1 is 0.583 bits per heavy atom. The Balaban J connectivity index is 2.66. The first-order valence-corrected chi connectivity index (χ1v) is 9.48. The Labute approximate surface area is 194 Å². The first-order valence-electron chi connectivity index (χ1n) is 9.48. The number of aliphatic hydroxyl groups is 1. The lowest BCUT2D eigenvalue weighted by molar-refractivity contribution is -0.441. The lowest BCUT2D eigenvalue weighted by Gasteiger charge is -2.42. The fraction of sp³-hybridized carbons (Fsp3) is 0.429. The molecular weight excluding hydrogens is 531 g/mol. The minimum atomic E-state index is -8.02. The van der Waals surface area contributed by atoms with Crippen molar-refractivity contribution in [1.29, 1.82) is 0 Å². The number of alkyl halides is 13. The summed E-state index contributed by atoms with van der Waals surface area (Å²) in [6, 6.07) is 8.86. The Bertz CT molecular complexity index is 1030. The third kappa shape index (κ3) is 4.45. The number of halogens is 13. The molecule has 0 aliphatic heterocycles. The normalized spacial score (nSPS) is 16.0. The van der Waals surface area contributed by atoms with Gasteiger partial charge in [-0.05, 0) is 23.3 Å². The maximum Gasteiger partial charge on any atom is 0.460 e. The standard InChI is InChI=1S/C21H15F13O2/c1-36-14-9-7-13(8-10-14)15(35,12-5-3-2-4-6-12)11-16(22,23)17(24,25)18(26,27)19(28,29)20(30,31)21(32,33)34/h2-10,35H,11H2,1H3. The van der Waals surface area contributed by atoms with Crippen LogP contribution in [0.15, 0.2) is 54.6 Å². The van der Waals surface area contributed by atoms with Crippen LogP contribution < -0.4 is 4.74 Å². The first-order chi connectivity index (χ1) is 16.1. The van der Waals surface area contributed by atoms with Gasteiger partial charge in [0.25, 0.3) is 0 Å². The molecule has 0 fully saturated rings. The third-order valence-corrected chi connectivity index (χ3v) is 5.30. The lowest BCUT2D eigenvalue weighted by Crippen LogP contribution is -2.70.